The molecule has 0 aliphatic carbocycles. The molecule has 0 atom stereocenters. The van der Waals surface area contributed by atoms with Crippen LogP contribution in [0.5, 0.6) is 0 Å². The van der Waals surface area contributed by atoms with Crippen LogP contribution in [0, 0.1) is 5.92 Å². The Hall–Kier alpha value is -1.06. The number of hydrogen-bond donors (Lipinski definition) is 1. The Morgan fingerprint density at radius 3 is 2.37 bits per heavy atom. The number of carbonyl (C=O) groups is 1. The minimum absolute atomic E-state index is 0. The van der Waals surface area contributed by atoms with Crippen LogP contribution in [0.1, 0.15) is 38.1 Å². The highest BCUT2D eigenvalue weighted by Gasteiger charge is 2.20. The van der Waals surface area contributed by atoms with Crippen LogP contribution >= 0.6 is 12.4 Å². The Morgan fingerprint density at radius 1 is 1.26 bits per heavy atom. The summed E-state index contributed by atoms with van der Waals surface area (Å²) < 4.78 is 5.32. The Labute approximate surface area is 122 Å². The van der Waals surface area contributed by atoms with Crippen LogP contribution in [0.15, 0.2) is 30.3 Å². The first-order valence-corrected chi connectivity index (χ1v) is 6.38. The molecule has 0 aliphatic heterocycles. The van der Waals surface area contributed by atoms with Crippen molar-refractivity contribution in [3.63, 3.8) is 0 Å². The fourth-order valence-electron chi connectivity index (χ4n) is 1.43. The third-order valence-corrected chi connectivity index (χ3v) is 2.56. The van der Waals surface area contributed by atoms with Crippen molar-refractivity contribution in [1.29, 1.82) is 0 Å². The van der Waals surface area contributed by atoms with Gasteiger partial charge in [-0.1, -0.05) is 32.0 Å². The molecule has 0 fully saturated rings. The molecule has 1 aromatic carbocycles. The van der Waals surface area contributed by atoms with Crippen molar-refractivity contribution in [2.45, 2.75) is 33.2 Å². The van der Waals surface area contributed by atoms with Gasteiger partial charge in [0.15, 0.2) is 0 Å². The molecule has 0 saturated carbocycles. The molecule has 0 spiro atoms. The molecular formula is C15H24ClNO2. The molecule has 0 saturated heterocycles. The smallest absolute Gasteiger partial charge is 0.338 e. The van der Waals surface area contributed by atoms with Gasteiger partial charge in [-0.25, -0.2) is 4.79 Å². The lowest BCUT2D eigenvalue weighted by Crippen LogP contribution is -2.45. The maximum Gasteiger partial charge on any atom is 0.338 e. The molecule has 1 N–H and O–H groups in total. The molecule has 19 heavy (non-hydrogen) atoms. The molecule has 0 radical (unpaired) electrons. The van der Waals surface area contributed by atoms with Crippen molar-refractivity contribution in [1.82, 2.24) is 5.32 Å². The number of rotatable bonds is 6. The molecule has 1 rings (SSSR count). The maximum absolute atomic E-state index is 11.8. The molecule has 0 unspecified atom stereocenters. The van der Waals surface area contributed by atoms with Crippen molar-refractivity contribution in [2.24, 2.45) is 5.92 Å². The van der Waals surface area contributed by atoms with E-state index in [1.54, 1.807) is 12.1 Å². The lowest BCUT2D eigenvalue weighted by atomic mass is 10.1. The Balaban J connectivity index is 0.00000324. The zero-order chi connectivity index (χ0) is 13.6. The number of halogens is 1. The van der Waals surface area contributed by atoms with Crippen molar-refractivity contribution in [3.05, 3.63) is 35.9 Å². The minimum Gasteiger partial charge on any atom is -0.460 e. The summed E-state index contributed by atoms with van der Waals surface area (Å²) in [5.74, 6) is 0.309. The van der Waals surface area contributed by atoms with E-state index in [2.05, 4.69) is 19.2 Å². The number of benzene rings is 1. The molecule has 4 heteroatoms. The van der Waals surface area contributed by atoms with Crippen LogP contribution in [-0.2, 0) is 4.74 Å². The van der Waals surface area contributed by atoms with E-state index < -0.39 is 0 Å². The van der Waals surface area contributed by atoms with E-state index in [0.717, 1.165) is 6.54 Å². The van der Waals surface area contributed by atoms with Crippen LogP contribution in [0.4, 0.5) is 0 Å². The molecule has 1 aromatic rings. The van der Waals surface area contributed by atoms with E-state index in [9.17, 15) is 4.79 Å². The summed E-state index contributed by atoms with van der Waals surface area (Å²) in [6.07, 6.45) is 0. The normalized spacial score (nSPS) is 11.0. The van der Waals surface area contributed by atoms with Crippen molar-refractivity contribution < 1.29 is 9.53 Å². The summed E-state index contributed by atoms with van der Waals surface area (Å²) >= 11 is 0. The van der Waals surface area contributed by atoms with Gasteiger partial charge in [0.25, 0.3) is 0 Å². The van der Waals surface area contributed by atoms with E-state index in [4.69, 9.17) is 4.74 Å². The highest BCUT2D eigenvalue weighted by atomic mass is 35.5. The SMILES string of the molecule is CC(C)CNC(C)(C)COC(=O)c1ccccc1.Cl. The fourth-order valence-corrected chi connectivity index (χ4v) is 1.43. The zero-order valence-electron chi connectivity index (χ0n) is 12.1. The van der Waals surface area contributed by atoms with Gasteiger partial charge in [-0.2, -0.15) is 0 Å². The summed E-state index contributed by atoms with van der Waals surface area (Å²) in [6, 6.07) is 9.07. The second-order valence-electron chi connectivity index (χ2n) is 5.60. The number of hydrogen-bond acceptors (Lipinski definition) is 3. The second kappa shape index (κ2) is 8.18. The van der Waals surface area contributed by atoms with Crippen LogP contribution in [0.3, 0.4) is 0 Å². The van der Waals surface area contributed by atoms with Gasteiger partial charge in [0.1, 0.15) is 6.61 Å². The zero-order valence-corrected chi connectivity index (χ0v) is 12.9. The highest BCUT2D eigenvalue weighted by molar-refractivity contribution is 5.89. The summed E-state index contributed by atoms with van der Waals surface area (Å²) in [4.78, 5) is 11.8. The van der Waals surface area contributed by atoms with E-state index in [1.165, 1.54) is 0 Å². The fraction of sp³-hybridized carbons (Fsp3) is 0.533. The standard InChI is InChI=1S/C15H23NO2.ClH/c1-12(2)10-16-15(3,4)11-18-14(17)13-8-6-5-7-9-13;/h5-9,12,16H,10-11H2,1-4H3;1H. The van der Waals surface area contributed by atoms with Gasteiger partial charge in [0, 0.05) is 5.54 Å². The predicted molar refractivity (Wildman–Crippen MR) is 80.9 cm³/mol. The molecule has 3 nitrogen and oxygen atoms in total. The van der Waals surface area contributed by atoms with Gasteiger partial charge in [0.05, 0.1) is 5.56 Å². The van der Waals surface area contributed by atoms with Crippen LogP contribution in [0.2, 0.25) is 0 Å². The van der Waals surface area contributed by atoms with E-state index >= 15 is 0 Å². The van der Waals surface area contributed by atoms with Gasteiger partial charge in [-0.3, -0.25) is 0 Å². The number of ether oxygens (including phenoxy) is 1. The maximum atomic E-state index is 11.8. The topological polar surface area (TPSA) is 38.3 Å². The Bertz CT molecular complexity index is 377. The van der Waals surface area contributed by atoms with E-state index in [-0.39, 0.29) is 23.9 Å². The van der Waals surface area contributed by atoms with E-state index in [0.29, 0.717) is 18.1 Å². The van der Waals surface area contributed by atoms with Gasteiger partial charge >= 0.3 is 5.97 Å². The van der Waals surface area contributed by atoms with Crippen LogP contribution in [-0.4, -0.2) is 24.7 Å². The molecular weight excluding hydrogens is 262 g/mol. The van der Waals surface area contributed by atoms with Crippen molar-refractivity contribution >= 4 is 18.4 Å². The van der Waals surface area contributed by atoms with Gasteiger partial charge in [-0.05, 0) is 38.4 Å². The predicted octanol–water partition coefficient (Wildman–Crippen LogP) is 3.29. The number of carbonyl (C=O) groups excluding carboxylic acids is 1. The molecule has 0 amide bonds. The van der Waals surface area contributed by atoms with Gasteiger partial charge < -0.3 is 10.1 Å². The number of nitrogens with one attached hydrogen (secondary N) is 1. The Kier molecular flexibility index (Phi) is 7.72. The first-order valence-electron chi connectivity index (χ1n) is 6.38. The van der Waals surface area contributed by atoms with Gasteiger partial charge in [-0.15, -0.1) is 12.4 Å². The summed E-state index contributed by atoms with van der Waals surface area (Å²) in [7, 11) is 0. The van der Waals surface area contributed by atoms with Crippen molar-refractivity contribution in [2.75, 3.05) is 13.2 Å². The van der Waals surface area contributed by atoms with E-state index in [1.807, 2.05) is 32.0 Å². The third-order valence-electron chi connectivity index (χ3n) is 2.56. The molecule has 0 aliphatic rings. The summed E-state index contributed by atoms with van der Waals surface area (Å²) in [5, 5.41) is 3.39. The van der Waals surface area contributed by atoms with Crippen molar-refractivity contribution in [3.8, 4) is 0 Å². The summed E-state index contributed by atoms with van der Waals surface area (Å²) in [5.41, 5.74) is 0.395. The quantitative estimate of drug-likeness (QED) is 0.815. The lowest BCUT2D eigenvalue weighted by molar-refractivity contribution is 0.0398. The first-order chi connectivity index (χ1) is 8.41. The van der Waals surface area contributed by atoms with Crippen LogP contribution in [0.25, 0.3) is 0 Å². The molecule has 0 bridgehead atoms. The molecule has 0 aromatic heterocycles. The average Bonchev–Trinajstić information content (AvgIpc) is 2.35. The van der Waals surface area contributed by atoms with Gasteiger partial charge in [0.2, 0.25) is 0 Å². The largest absolute Gasteiger partial charge is 0.460 e. The molecule has 108 valence electrons. The van der Waals surface area contributed by atoms with Crippen LogP contribution < -0.4 is 5.32 Å². The molecule has 0 heterocycles. The lowest BCUT2D eigenvalue weighted by Gasteiger charge is -2.26. The number of esters is 1. The average molecular weight is 286 g/mol. The Morgan fingerprint density at radius 2 is 1.84 bits per heavy atom. The second-order valence-corrected chi connectivity index (χ2v) is 5.60. The summed E-state index contributed by atoms with van der Waals surface area (Å²) in [6.45, 7) is 9.66. The monoisotopic (exact) mass is 285 g/mol. The first kappa shape index (κ1) is 17.9. The highest BCUT2D eigenvalue weighted by Crippen LogP contribution is 2.07. The minimum atomic E-state index is -0.268. The third kappa shape index (κ3) is 7.19.